The number of para-hydroxylation sites is 1. The lowest BCUT2D eigenvalue weighted by Gasteiger charge is -2.37. The number of carbonyl (C=O) groups is 1. The molecule has 2 N–H and O–H groups in total. The van der Waals surface area contributed by atoms with Crippen LogP contribution in [0.1, 0.15) is 109 Å². The summed E-state index contributed by atoms with van der Waals surface area (Å²) in [5.74, 6) is 0.130. The van der Waals surface area contributed by atoms with Gasteiger partial charge in [0.1, 0.15) is 0 Å². The molecule has 2 rings (SSSR count). The zero-order chi connectivity index (χ0) is 27.1. The van der Waals surface area contributed by atoms with E-state index < -0.39 is 16.4 Å². The molecule has 6 nitrogen and oxygen atoms in total. The van der Waals surface area contributed by atoms with Crippen molar-refractivity contribution in [3.05, 3.63) is 58.1 Å². The van der Waals surface area contributed by atoms with E-state index in [0.717, 1.165) is 27.8 Å². The Morgan fingerprint density at radius 1 is 0.857 bits per heavy atom. The van der Waals surface area contributed by atoms with Crippen LogP contribution < -0.4 is 10.0 Å². The number of amides is 1. The Morgan fingerprint density at radius 2 is 1.26 bits per heavy atom. The second kappa shape index (κ2) is 9.94. The van der Waals surface area contributed by atoms with Crippen LogP contribution in [0, 0.1) is 6.92 Å². The highest BCUT2D eigenvalue weighted by atomic mass is 32.2. The van der Waals surface area contributed by atoms with Crippen molar-refractivity contribution in [1.29, 1.82) is 0 Å². The van der Waals surface area contributed by atoms with Gasteiger partial charge in [0.25, 0.3) is 0 Å². The molecule has 0 heterocycles. The quantitative estimate of drug-likeness (QED) is 0.464. The number of aryl methyl sites for hydroxylation is 1. The molecule has 0 aliphatic carbocycles. The van der Waals surface area contributed by atoms with Crippen LogP contribution >= 0.6 is 0 Å². The molecule has 0 aliphatic rings. The molecule has 0 saturated heterocycles. The molecule has 194 valence electrons. The molecule has 0 atom stereocenters. The summed E-state index contributed by atoms with van der Waals surface area (Å²) in [5, 5.41) is 5.20. The number of nitrogens with two attached hydrogens (primary N) is 1. The van der Waals surface area contributed by atoms with E-state index in [1.165, 1.54) is 4.90 Å². The van der Waals surface area contributed by atoms with Gasteiger partial charge in [-0.25, -0.2) is 9.69 Å². The van der Waals surface area contributed by atoms with Crippen LogP contribution in [-0.4, -0.2) is 14.5 Å². The zero-order valence-corrected chi connectivity index (χ0v) is 23.9. The lowest BCUT2D eigenvalue weighted by atomic mass is 9.77. The molecule has 0 unspecified atom stereocenters. The Bertz CT molecular complexity index is 1140. The molecular weight excluding hydrogens is 460 g/mol. The Hall–Kier alpha value is -2.38. The highest BCUT2D eigenvalue weighted by Crippen LogP contribution is 2.47. The largest absolute Gasteiger partial charge is 0.435 e. The van der Waals surface area contributed by atoms with Gasteiger partial charge in [-0.2, -0.15) is 13.6 Å². The molecule has 7 heteroatoms. The predicted molar refractivity (Wildman–Crippen MR) is 145 cm³/mol. The van der Waals surface area contributed by atoms with E-state index in [1.807, 2.05) is 25.1 Å². The first kappa shape index (κ1) is 28.9. The van der Waals surface area contributed by atoms with E-state index >= 15 is 0 Å². The van der Waals surface area contributed by atoms with E-state index in [9.17, 15) is 13.2 Å². The predicted octanol–water partition coefficient (Wildman–Crippen LogP) is 7.32. The highest BCUT2D eigenvalue weighted by molar-refractivity contribution is 7.84. The lowest BCUT2D eigenvalue weighted by molar-refractivity contribution is 0.212. The average Bonchev–Trinajstić information content (AvgIpc) is 2.65. The first-order chi connectivity index (χ1) is 15.8. The van der Waals surface area contributed by atoms with Gasteiger partial charge in [0.05, 0.1) is 11.4 Å². The van der Waals surface area contributed by atoms with E-state index in [4.69, 9.17) is 9.32 Å². The van der Waals surface area contributed by atoms with Crippen LogP contribution in [0.3, 0.4) is 0 Å². The van der Waals surface area contributed by atoms with Crippen molar-refractivity contribution >= 4 is 27.8 Å². The number of benzene rings is 2. The molecule has 35 heavy (non-hydrogen) atoms. The fourth-order valence-electron chi connectivity index (χ4n) is 4.36. The van der Waals surface area contributed by atoms with Crippen molar-refractivity contribution < 1.29 is 17.4 Å². The number of anilines is 2. The maximum atomic E-state index is 13.8. The molecule has 0 fully saturated rings. The van der Waals surface area contributed by atoms with Crippen molar-refractivity contribution in [3.63, 3.8) is 0 Å². The number of nitrogens with zero attached hydrogens (tertiary/aromatic N) is 1. The topological polar surface area (TPSA) is 89.7 Å². The minimum absolute atomic E-state index is 0.0649. The van der Waals surface area contributed by atoms with Gasteiger partial charge >= 0.3 is 16.4 Å². The number of carbonyl (C=O) groups excluding carboxylic acids is 1. The summed E-state index contributed by atoms with van der Waals surface area (Å²) in [4.78, 5) is 15.3. The maximum Gasteiger partial charge on any atom is 0.435 e. The van der Waals surface area contributed by atoms with E-state index in [2.05, 4.69) is 81.4 Å². The van der Waals surface area contributed by atoms with E-state index in [-0.39, 0.29) is 22.7 Å². The second-order valence-electron chi connectivity index (χ2n) is 12.0. The number of rotatable bonds is 5. The summed E-state index contributed by atoms with van der Waals surface area (Å²) in [6.45, 7) is 22.7. The molecule has 0 saturated carbocycles. The fourth-order valence-corrected chi connectivity index (χ4v) is 4.64. The summed E-state index contributed by atoms with van der Waals surface area (Å²) in [6.07, 6.45) is -1.04. The van der Waals surface area contributed by atoms with Crippen LogP contribution in [0.4, 0.5) is 16.2 Å². The Balaban J connectivity index is 3.21. The van der Waals surface area contributed by atoms with Crippen LogP contribution in [0.5, 0.6) is 0 Å². The molecule has 1 amide bonds. The smallest absolute Gasteiger partial charge is 0.315 e. The van der Waals surface area contributed by atoms with Gasteiger partial charge in [0.2, 0.25) is 0 Å². The Labute approximate surface area is 212 Å². The molecule has 2 aromatic carbocycles. The monoisotopic (exact) mass is 502 g/mol. The summed E-state index contributed by atoms with van der Waals surface area (Å²) in [5.41, 5.74) is 5.31. The van der Waals surface area contributed by atoms with E-state index in [0.29, 0.717) is 11.4 Å². The zero-order valence-electron chi connectivity index (χ0n) is 23.1. The van der Waals surface area contributed by atoms with Crippen LogP contribution in [-0.2, 0) is 25.3 Å². The van der Waals surface area contributed by atoms with Crippen molar-refractivity contribution in [2.45, 2.75) is 98.8 Å². The van der Waals surface area contributed by atoms with Gasteiger partial charge in [-0.1, -0.05) is 105 Å². The Kier molecular flexibility index (Phi) is 8.19. The Morgan fingerprint density at radius 3 is 1.57 bits per heavy atom. The molecule has 0 radical (unpaired) electrons. The second-order valence-corrected chi connectivity index (χ2v) is 13.1. The summed E-state index contributed by atoms with van der Waals surface area (Å²) < 4.78 is 28.8. The van der Waals surface area contributed by atoms with Gasteiger partial charge in [-0.15, -0.1) is 0 Å². The first-order valence-corrected chi connectivity index (χ1v) is 13.6. The molecule has 0 spiro atoms. The summed E-state index contributed by atoms with van der Waals surface area (Å²) in [6, 6.07) is 10.1. The number of hydrogen-bond acceptors (Lipinski definition) is 4. The third-order valence-corrected chi connectivity index (χ3v) is 6.40. The van der Waals surface area contributed by atoms with Gasteiger partial charge in [-0.3, -0.25) is 0 Å². The lowest BCUT2D eigenvalue weighted by Crippen LogP contribution is -2.36. The molecule has 2 aromatic rings. The summed E-state index contributed by atoms with van der Waals surface area (Å²) in [7, 11) is -4.55. The SMILES string of the molecule is Cc1cc(C(C)(C)C)c(N(C(=O)OS(N)(=O)=O)c2c(C(C)C)cccc2C(C)C)c(C(C)(C)C)c1. The third kappa shape index (κ3) is 6.64. The van der Waals surface area contributed by atoms with Gasteiger partial charge in [0.15, 0.2) is 0 Å². The van der Waals surface area contributed by atoms with Gasteiger partial charge < -0.3 is 4.18 Å². The van der Waals surface area contributed by atoms with Crippen molar-refractivity contribution in [1.82, 2.24) is 0 Å². The molecule has 0 aromatic heterocycles. The maximum absolute atomic E-state index is 13.8. The van der Waals surface area contributed by atoms with Crippen LogP contribution in [0.25, 0.3) is 0 Å². The molecule has 0 bridgehead atoms. The van der Waals surface area contributed by atoms with E-state index in [1.54, 1.807) is 0 Å². The standard InChI is InChI=1S/C28H42N2O4S/c1-17(2)20-13-12-14-21(18(3)4)24(20)30(26(31)34-35(29,32)33)25-22(27(6,7)8)15-19(5)16-23(25)28(9,10)11/h12-18H,1-11H3,(H2,29,32,33). The highest BCUT2D eigenvalue weighted by Gasteiger charge is 2.37. The van der Waals surface area contributed by atoms with Crippen molar-refractivity contribution in [2.75, 3.05) is 4.90 Å². The van der Waals surface area contributed by atoms with Crippen LogP contribution in [0.15, 0.2) is 30.3 Å². The van der Waals surface area contributed by atoms with Crippen molar-refractivity contribution in [2.24, 2.45) is 5.14 Å². The fraction of sp³-hybridized carbons (Fsp3) is 0.536. The first-order valence-electron chi connectivity index (χ1n) is 12.1. The molecular formula is C28H42N2O4S. The van der Waals surface area contributed by atoms with Gasteiger partial charge in [-0.05, 0) is 51.8 Å². The summed E-state index contributed by atoms with van der Waals surface area (Å²) >= 11 is 0. The van der Waals surface area contributed by atoms with Crippen molar-refractivity contribution in [3.8, 4) is 0 Å². The van der Waals surface area contributed by atoms with Gasteiger partial charge in [0, 0.05) is 0 Å². The number of hydrogen-bond donors (Lipinski definition) is 1. The molecule has 0 aliphatic heterocycles. The average molecular weight is 503 g/mol. The van der Waals surface area contributed by atoms with Crippen LogP contribution in [0.2, 0.25) is 0 Å². The minimum atomic E-state index is -4.55. The third-order valence-electron chi connectivity index (χ3n) is 6.03. The minimum Gasteiger partial charge on any atom is -0.315 e. The normalized spacial score (nSPS) is 12.9.